The number of carboxylic acids is 1. The summed E-state index contributed by atoms with van der Waals surface area (Å²) >= 11 is 0. The summed E-state index contributed by atoms with van der Waals surface area (Å²) < 4.78 is 14.7. The van der Waals surface area contributed by atoms with Crippen molar-refractivity contribution in [2.24, 2.45) is 0 Å². The smallest absolute Gasteiger partial charge is 0.332 e. The van der Waals surface area contributed by atoms with Gasteiger partial charge in [0.05, 0.1) is 26.4 Å². The van der Waals surface area contributed by atoms with Gasteiger partial charge >= 0.3 is 5.97 Å². The summed E-state index contributed by atoms with van der Waals surface area (Å²) in [5.41, 5.74) is 0. The topological polar surface area (TPSA) is 65.0 Å². The fourth-order valence-electron chi connectivity index (χ4n) is 0.599. The largest absolute Gasteiger partial charge is 0.479 e. The molecule has 78 valence electrons. The molecule has 0 heterocycles. The zero-order chi connectivity index (χ0) is 10.1. The molecule has 0 rings (SSSR count). The molecule has 0 aromatic heterocycles. The number of ether oxygens (including phenoxy) is 3. The minimum absolute atomic E-state index is 0.289. The summed E-state index contributed by atoms with van der Waals surface area (Å²) in [6.07, 6.45) is -0.772. The molecular formula is C8H16O5. The van der Waals surface area contributed by atoms with Crippen LogP contribution in [0.2, 0.25) is 0 Å². The van der Waals surface area contributed by atoms with Gasteiger partial charge in [0.25, 0.3) is 0 Å². The second-order valence-corrected chi connectivity index (χ2v) is 2.46. The van der Waals surface area contributed by atoms with Crippen LogP contribution < -0.4 is 0 Å². The van der Waals surface area contributed by atoms with Crippen LogP contribution in [0.3, 0.4) is 0 Å². The molecule has 0 spiro atoms. The fourth-order valence-corrected chi connectivity index (χ4v) is 0.599. The molecule has 1 atom stereocenters. The minimum Gasteiger partial charge on any atom is -0.479 e. The standard InChI is InChI=1S/C8H16O5/c1-7(8(9)10)13-6-5-12-4-3-11-2/h7H,3-6H2,1-2H3,(H,9,10)/t7-/m0/s1. The summed E-state index contributed by atoms with van der Waals surface area (Å²) in [6.45, 7) is 3.20. The zero-order valence-electron chi connectivity index (χ0n) is 7.99. The number of rotatable bonds is 8. The van der Waals surface area contributed by atoms with Crippen molar-refractivity contribution in [1.82, 2.24) is 0 Å². The average molecular weight is 192 g/mol. The Labute approximate surface area is 77.6 Å². The van der Waals surface area contributed by atoms with Gasteiger partial charge in [-0.15, -0.1) is 0 Å². The molecule has 5 heteroatoms. The molecular weight excluding hydrogens is 176 g/mol. The molecule has 0 aromatic rings. The Morgan fingerprint density at radius 3 is 2.46 bits per heavy atom. The molecule has 0 fully saturated rings. The second-order valence-electron chi connectivity index (χ2n) is 2.46. The van der Waals surface area contributed by atoms with E-state index in [9.17, 15) is 4.79 Å². The van der Waals surface area contributed by atoms with Gasteiger partial charge in [-0.3, -0.25) is 0 Å². The lowest BCUT2D eigenvalue weighted by molar-refractivity contribution is -0.150. The maximum atomic E-state index is 10.3. The van der Waals surface area contributed by atoms with Crippen LogP contribution in [-0.4, -0.2) is 50.7 Å². The van der Waals surface area contributed by atoms with Gasteiger partial charge in [0, 0.05) is 7.11 Å². The van der Waals surface area contributed by atoms with Gasteiger partial charge < -0.3 is 19.3 Å². The highest BCUT2D eigenvalue weighted by atomic mass is 16.6. The van der Waals surface area contributed by atoms with E-state index in [0.717, 1.165) is 0 Å². The lowest BCUT2D eigenvalue weighted by Gasteiger charge is -2.08. The van der Waals surface area contributed by atoms with Crippen LogP contribution >= 0.6 is 0 Å². The maximum Gasteiger partial charge on any atom is 0.332 e. The highest BCUT2D eigenvalue weighted by Crippen LogP contribution is 1.90. The summed E-state index contributed by atoms with van der Waals surface area (Å²) in [6, 6.07) is 0. The third kappa shape index (κ3) is 7.70. The monoisotopic (exact) mass is 192 g/mol. The Kier molecular flexibility index (Phi) is 7.57. The van der Waals surface area contributed by atoms with Crippen molar-refractivity contribution < 1.29 is 24.1 Å². The Bertz CT molecular complexity index is 136. The molecule has 5 nitrogen and oxygen atoms in total. The first-order valence-corrected chi connectivity index (χ1v) is 4.09. The van der Waals surface area contributed by atoms with Gasteiger partial charge in [-0.05, 0) is 6.92 Å². The Morgan fingerprint density at radius 2 is 1.92 bits per heavy atom. The number of carboxylic acid groups (broad SMARTS) is 1. The minimum atomic E-state index is -0.961. The van der Waals surface area contributed by atoms with Crippen molar-refractivity contribution in [2.45, 2.75) is 13.0 Å². The molecule has 1 N–H and O–H groups in total. The van der Waals surface area contributed by atoms with Crippen LogP contribution in [-0.2, 0) is 19.0 Å². The molecule has 0 saturated carbocycles. The molecule has 0 aliphatic heterocycles. The fraction of sp³-hybridized carbons (Fsp3) is 0.875. The molecule has 0 radical (unpaired) electrons. The van der Waals surface area contributed by atoms with E-state index in [1.54, 1.807) is 7.11 Å². The zero-order valence-corrected chi connectivity index (χ0v) is 7.99. The van der Waals surface area contributed by atoms with Gasteiger partial charge in [0.1, 0.15) is 0 Å². The van der Waals surface area contributed by atoms with E-state index in [-0.39, 0.29) is 6.61 Å². The molecule has 0 unspecified atom stereocenters. The predicted molar refractivity (Wildman–Crippen MR) is 45.7 cm³/mol. The third-order valence-corrected chi connectivity index (χ3v) is 1.38. The Balaban J connectivity index is 3.11. The maximum absolute atomic E-state index is 10.3. The van der Waals surface area contributed by atoms with E-state index < -0.39 is 12.1 Å². The Hall–Kier alpha value is -0.650. The summed E-state index contributed by atoms with van der Waals surface area (Å²) in [4.78, 5) is 10.3. The molecule has 13 heavy (non-hydrogen) atoms. The number of hydrogen-bond donors (Lipinski definition) is 1. The number of hydrogen-bond acceptors (Lipinski definition) is 4. The van der Waals surface area contributed by atoms with E-state index in [4.69, 9.17) is 19.3 Å². The molecule has 0 amide bonds. The number of methoxy groups -OCH3 is 1. The molecule has 0 aliphatic rings. The van der Waals surface area contributed by atoms with E-state index >= 15 is 0 Å². The van der Waals surface area contributed by atoms with Gasteiger partial charge in [-0.2, -0.15) is 0 Å². The normalized spacial score (nSPS) is 12.8. The lowest BCUT2D eigenvalue weighted by atomic mass is 10.4. The summed E-state index contributed by atoms with van der Waals surface area (Å²) in [5, 5.41) is 8.44. The van der Waals surface area contributed by atoms with Crippen molar-refractivity contribution in [3.05, 3.63) is 0 Å². The van der Waals surface area contributed by atoms with Crippen molar-refractivity contribution in [2.75, 3.05) is 33.5 Å². The molecule has 0 bridgehead atoms. The van der Waals surface area contributed by atoms with Crippen molar-refractivity contribution in [1.29, 1.82) is 0 Å². The predicted octanol–water partition coefficient (Wildman–Crippen LogP) is 0.139. The van der Waals surface area contributed by atoms with Crippen LogP contribution in [0.1, 0.15) is 6.92 Å². The van der Waals surface area contributed by atoms with E-state index in [1.165, 1.54) is 6.92 Å². The van der Waals surface area contributed by atoms with Gasteiger partial charge in [-0.1, -0.05) is 0 Å². The van der Waals surface area contributed by atoms with Crippen molar-refractivity contribution >= 4 is 5.97 Å². The Morgan fingerprint density at radius 1 is 1.31 bits per heavy atom. The van der Waals surface area contributed by atoms with Gasteiger partial charge in [0.2, 0.25) is 0 Å². The molecule has 0 aliphatic carbocycles. The van der Waals surface area contributed by atoms with Crippen LogP contribution in [0.25, 0.3) is 0 Å². The van der Waals surface area contributed by atoms with E-state index in [0.29, 0.717) is 19.8 Å². The van der Waals surface area contributed by atoms with Crippen LogP contribution in [0.5, 0.6) is 0 Å². The second kappa shape index (κ2) is 7.97. The highest BCUT2D eigenvalue weighted by Gasteiger charge is 2.09. The van der Waals surface area contributed by atoms with Gasteiger partial charge in [-0.25, -0.2) is 4.79 Å². The van der Waals surface area contributed by atoms with Crippen molar-refractivity contribution in [3.8, 4) is 0 Å². The molecule has 0 saturated heterocycles. The van der Waals surface area contributed by atoms with Crippen molar-refractivity contribution in [3.63, 3.8) is 0 Å². The lowest BCUT2D eigenvalue weighted by Crippen LogP contribution is -2.22. The summed E-state index contributed by atoms with van der Waals surface area (Å²) in [5.74, 6) is -0.961. The van der Waals surface area contributed by atoms with E-state index in [2.05, 4.69) is 0 Å². The first-order valence-electron chi connectivity index (χ1n) is 4.09. The highest BCUT2D eigenvalue weighted by molar-refractivity contribution is 5.71. The first kappa shape index (κ1) is 12.3. The SMILES string of the molecule is COCCOCCO[C@@H](C)C(=O)O. The van der Waals surface area contributed by atoms with Crippen LogP contribution in [0.4, 0.5) is 0 Å². The average Bonchev–Trinajstić information content (AvgIpc) is 2.10. The third-order valence-electron chi connectivity index (χ3n) is 1.38. The van der Waals surface area contributed by atoms with E-state index in [1.807, 2.05) is 0 Å². The number of aliphatic carboxylic acids is 1. The van der Waals surface area contributed by atoms with Crippen LogP contribution in [0.15, 0.2) is 0 Å². The number of carbonyl (C=O) groups is 1. The quantitative estimate of drug-likeness (QED) is 0.554. The van der Waals surface area contributed by atoms with Crippen LogP contribution in [0, 0.1) is 0 Å². The molecule has 0 aromatic carbocycles. The summed E-state index contributed by atoms with van der Waals surface area (Å²) in [7, 11) is 1.59. The first-order chi connectivity index (χ1) is 6.18. The van der Waals surface area contributed by atoms with Gasteiger partial charge in [0.15, 0.2) is 6.10 Å².